The second kappa shape index (κ2) is 9.74. The predicted octanol–water partition coefficient (Wildman–Crippen LogP) is 4.58. The van der Waals surface area contributed by atoms with Crippen LogP contribution in [0, 0.1) is 19.8 Å². The SMILES string of the molecule is Cc1nn(-c2ccc(Cl)cc2)c(C)c1CC(=O)N1CCC(C(=O)c2ccc3c(c2)OCCO3)CC1. The van der Waals surface area contributed by atoms with Crippen LogP contribution in [0.2, 0.25) is 5.02 Å². The average molecular weight is 494 g/mol. The van der Waals surface area contributed by atoms with Crippen molar-refractivity contribution in [3.05, 3.63) is 70.0 Å². The summed E-state index contributed by atoms with van der Waals surface area (Å²) in [6.07, 6.45) is 1.61. The minimum absolute atomic E-state index is 0.0667. The van der Waals surface area contributed by atoms with Crippen LogP contribution in [0.15, 0.2) is 42.5 Å². The van der Waals surface area contributed by atoms with Gasteiger partial charge < -0.3 is 14.4 Å². The van der Waals surface area contributed by atoms with E-state index in [4.69, 9.17) is 21.1 Å². The number of amides is 1. The van der Waals surface area contributed by atoms with Gasteiger partial charge in [0.25, 0.3) is 0 Å². The summed E-state index contributed by atoms with van der Waals surface area (Å²) >= 11 is 6.01. The molecule has 0 aliphatic carbocycles. The Balaban J connectivity index is 1.21. The molecule has 35 heavy (non-hydrogen) atoms. The molecular weight excluding hydrogens is 466 g/mol. The number of aryl methyl sites for hydroxylation is 1. The lowest BCUT2D eigenvalue weighted by Crippen LogP contribution is -2.41. The van der Waals surface area contributed by atoms with Crippen molar-refractivity contribution >= 4 is 23.3 Å². The number of Topliss-reactive ketones (excluding diaryl/α,β-unsaturated/α-hetero) is 1. The minimum atomic E-state index is -0.0993. The van der Waals surface area contributed by atoms with Crippen molar-refractivity contribution in [2.24, 2.45) is 5.92 Å². The highest BCUT2D eigenvalue weighted by Crippen LogP contribution is 2.33. The van der Waals surface area contributed by atoms with Crippen LogP contribution in [0.25, 0.3) is 5.69 Å². The first kappa shape index (κ1) is 23.4. The van der Waals surface area contributed by atoms with Gasteiger partial charge in [-0.15, -0.1) is 0 Å². The lowest BCUT2D eigenvalue weighted by Gasteiger charge is -2.31. The van der Waals surface area contributed by atoms with E-state index in [9.17, 15) is 9.59 Å². The second-order valence-electron chi connectivity index (χ2n) is 9.09. The largest absolute Gasteiger partial charge is 0.486 e. The summed E-state index contributed by atoms with van der Waals surface area (Å²) in [7, 11) is 0. The van der Waals surface area contributed by atoms with E-state index in [1.165, 1.54) is 0 Å². The van der Waals surface area contributed by atoms with E-state index in [-0.39, 0.29) is 17.6 Å². The Kier molecular flexibility index (Phi) is 6.52. The van der Waals surface area contributed by atoms with Gasteiger partial charge in [-0.3, -0.25) is 9.59 Å². The zero-order chi connectivity index (χ0) is 24.5. The molecule has 1 aromatic heterocycles. The Morgan fingerprint density at radius 1 is 1.00 bits per heavy atom. The van der Waals surface area contributed by atoms with Crippen LogP contribution in [0.4, 0.5) is 0 Å². The number of nitrogens with zero attached hydrogens (tertiary/aromatic N) is 3. The number of aromatic nitrogens is 2. The fourth-order valence-electron chi connectivity index (χ4n) is 4.85. The average Bonchev–Trinajstić information content (AvgIpc) is 3.16. The third kappa shape index (κ3) is 4.78. The number of ether oxygens (including phenoxy) is 2. The number of piperidine rings is 1. The van der Waals surface area contributed by atoms with E-state index < -0.39 is 0 Å². The highest BCUT2D eigenvalue weighted by Gasteiger charge is 2.29. The molecule has 2 aliphatic rings. The Hall–Kier alpha value is -3.32. The minimum Gasteiger partial charge on any atom is -0.486 e. The van der Waals surface area contributed by atoms with E-state index in [2.05, 4.69) is 5.10 Å². The van der Waals surface area contributed by atoms with Gasteiger partial charge >= 0.3 is 0 Å². The van der Waals surface area contributed by atoms with Crippen LogP contribution < -0.4 is 9.47 Å². The molecule has 0 spiro atoms. The number of benzene rings is 2. The molecule has 8 heteroatoms. The van der Waals surface area contributed by atoms with E-state index >= 15 is 0 Å². The van der Waals surface area contributed by atoms with E-state index in [1.54, 1.807) is 18.2 Å². The molecular formula is C27H28ClN3O4. The Morgan fingerprint density at radius 3 is 2.40 bits per heavy atom. The maximum absolute atomic E-state index is 13.1. The maximum atomic E-state index is 13.1. The molecule has 0 atom stereocenters. The number of carbonyl (C=O) groups excluding carboxylic acids is 2. The molecule has 182 valence electrons. The van der Waals surface area contributed by atoms with Crippen LogP contribution in [0.1, 0.15) is 40.2 Å². The summed E-state index contributed by atoms with van der Waals surface area (Å²) < 4.78 is 13.0. The van der Waals surface area contributed by atoms with Crippen molar-refractivity contribution in [3.63, 3.8) is 0 Å². The van der Waals surface area contributed by atoms with Gasteiger partial charge in [0.2, 0.25) is 5.91 Å². The van der Waals surface area contributed by atoms with Gasteiger partial charge in [0.15, 0.2) is 17.3 Å². The van der Waals surface area contributed by atoms with Crippen LogP contribution in [0.5, 0.6) is 11.5 Å². The topological polar surface area (TPSA) is 73.7 Å². The third-order valence-corrected chi connectivity index (χ3v) is 7.14. The van der Waals surface area contributed by atoms with Gasteiger partial charge in [0, 0.05) is 40.9 Å². The molecule has 5 rings (SSSR count). The highest BCUT2D eigenvalue weighted by atomic mass is 35.5. The number of likely N-dealkylation sites (tertiary alicyclic amines) is 1. The second-order valence-corrected chi connectivity index (χ2v) is 9.53. The van der Waals surface area contributed by atoms with Gasteiger partial charge in [-0.2, -0.15) is 5.10 Å². The van der Waals surface area contributed by atoms with Crippen molar-refractivity contribution in [3.8, 4) is 17.2 Å². The fourth-order valence-corrected chi connectivity index (χ4v) is 4.98. The first-order valence-corrected chi connectivity index (χ1v) is 12.3. The quantitative estimate of drug-likeness (QED) is 0.486. The zero-order valence-electron chi connectivity index (χ0n) is 19.9. The monoisotopic (exact) mass is 493 g/mol. The van der Waals surface area contributed by atoms with Gasteiger partial charge in [-0.05, 0) is 69.2 Å². The summed E-state index contributed by atoms with van der Waals surface area (Å²) in [6, 6.07) is 12.9. The maximum Gasteiger partial charge on any atom is 0.227 e. The van der Waals surface area contributed by atoms with E-state index in [0.717, 1.165) is 22.6 Å². The molecule has 2 aliphatic heterocycles. The molecule has 7 nitrogen and oxygen atoms in total. The Labute approximate surface area is 209 Å². The van der Waals surface area contributed by atoms with Crippen LogP contribution in [-0.4, -0.2) is 52.7 Å². The van der Waals surface area contributed by atoms with E-state index in [1.807, 2.05) is 47.7 Å². The van der Waals surface area contributed by atoms with Crippen molar-refractivity contribution in [2.75, 3.05) is 26.3 Å². The molecule has 0 N–H and O–H groups in total. The normalized spacial score (nSPS) is 15.8. The van der Waals surface area contributed by atoms with Crippen LogP contribution >= 0.6 is 11.6 Å². The molecule has 1 amide bonds. The number of hydrogen-bond donors (Lipinski definition) is 0. The van der Waals surface area contributed by atoms with Crippen LogP contribution in [-0.2, 0) is 11.2 Å². The number of ketones is 1. The van der Waals surface area contributed by atoms with Gasteiger partial charge in [-0.1, -0.05) is 11.6 Å². The first-order valence-electron chi connectivity index (χ1n) is 11.9. The van der Waals surface area contributed by atoms with E-state index in [0.29, 0.717) is 67.7 Å². The number of halogens is 1. The summed E-state index contributed by atoms with van der Waals surface area (Å²) in [6.45, 7) is 6.07. The van der Waals surface area contributed by atoms with Crippen molar-refractivity contribution in [1.82, 2.24) is 14.7 Å². The standard InChI is InChI=1S/C27H28ClN3O4/c1-17-23(18(2)31(29-17)22-6-4-21(28)5-7-22)16-26(32)30-11-9-19(10-12-30)27(33)20-3-8-24-25(15-20)35-14-13-34-24/h3-8,15,19H,9-14,16H2,1-2H3. The smallest absolute Gasteiger partial charge is 0.227 e. The van der Waals surface area contributed by atoms with Gasteiger partial charge in [0.1, 0.15) is 13.2 Å². The van der Waals surface area contributed by atoms with Crippen LogP contribution in [0.3, 0.4) is 0 Å². The molecule has 0 bridgehead atoms. The van der Waals surface area contributed by atoms with Gasteiger partial charge in [0.05, 0.1) is 17.8 Å². The summed E-state index contributed by atoms with van der Waals surface area (Å²) in [5.41, 5.74) is 4.28. The Morgan fingerprint density at radius 2 is 1.69 bits per heavy atom. The van der Waals surface area contributed by atoms with Crippen molar-refractivity contribution in [2.45, 2.75) is 33.1 Å². The van der Waals surface area contributed by atoms with Gasteiger partial charge in [-0.25, -0.2) is 4.68 Å². The molecule has 1 saturated heterocycles. The first-order chi connectivity index (χ1) is 16.9. The van der Waals surface area contributed by atoms with Crippen molar-refractivity contribution in [1.29, 1.82) is 0 Å². The zero-order valence-corrected chi connectivity index (χ0v) is 20.7. The molecule has 0 radical (unpaired) electrons. The molecule has 0 unspecified atom stereocenters. The highest BCUT2D eigenvalue weighted by molar-refractivity contribution is 6.30. The number of hydrogen-bond acceptors (Lipinski definition) is 5. The fraction of sp³-hybridized carbons (Fsp3) is 0.370. The summed E-state index contributed by atoms with van der Waals surface area (Å²) in [5, 5.41) is 5.31. The molecule has 0 saturated carbocycles. The number of rotatable bonds is 5. The summed E-state index contributed by atoms with van der Waals surface area (Å²) in [5.74, 6) is 1.37. The molecule has 3 heterocycles. The molecule has 2 aromatic carbocycles. The Bertz CT molecular complexity index is 1260. The molecule has 3 aromatic rings. The lowest BCUT2D eigenvalue weighted by molar-refractivity contribution is -0.131. The predicted molar refractivity (Wildman–Crippen MR) is 133 cm³/mol. The summed E-state index contributed by atoms with van der Waals surface area (Å²) in [4.78, 5) is 28.1. The number of fused-ring (bicyclic) bond motifs is 1. The third-order valence-electron chi connectivity index (χ3n) is 6.89. The molecule has 1 fully saturated rings. The van der Waals surface area contributed by atoms with Crippen molar-refractivity contribution < 1.29 is 19.1 Å². The lowest BCUT2D eigenvalue weighted by atomic mass is 9.88. The number of carbonyl (C=O) groups is 2.